The van der Waals surface area contributed by atoms with Crippen LogP contribution in [0.5, 0.6) is 0 Å². The number of pyridine rings is 1. The monoisotopic (exact) mass is 361 g/mol. The molecule has 0 saturated heterocycles. The lowest BCUT2D eigenvalue weighted by molar-refractivity contribution is 0.0779. The van der Waals surface area contributed by atoms with Crippen molar-refractivity contribution in [3.05, 3.63) is 84.1 Å². The average Bonchev–Trinajstić information content (AvgIpc) is 2.73. The van der Waals surface area contributed by atoms with E-state index in [2.05, 4.69) is 15.0 Å². The highest BCUT2D eigenvalue weighted by Crippen LogP contribution is 2.13. The van der Waals surface area contributed by atoms with Crippen molar-refractivity contribution in [3.8, 4) is 0 Å². The van der Waals surface area contributed by atoms with Gasteiger partial charge in [-0.3, -0.25) is 9.78 Å². The maximum absolute atomic E-state index is 12.7. The molecule has 0 aliphatic carbocycles. The second-order valence-corrected chi connectivity index (χ2v) is 6.44. The van der Waals surface area contributed by atoms with E-state index >= 15 is 0 Å². The minimum Gasteiger partial charge on any atom is -0.359 e. The van der Waals surface area contributed by atoms with Gasteiger partial charge in [0.25, 0.3) is 5.91 Å². The quantitative estimate of drug-likeness (QED) is 0.648. The van der Waals surface area contributed by atoms with E-state index < -0.39 is 0 Å². The van der Waals surface area contributed by atoms with Crippen molar-refractivity contribution < 1.29 is 4.79 Å². The van der Waals surface area contributed by atoms with E-state index in [1.165, 1.54) is 11.9 Å². The number of nitrogens with zero attached hydrogens (tertiary/aromatic N) is 5. The maximum Gasteiger partial charge on any atom is 0.272 e. The summed E-state index contributed by atoms with van der Waals surface area (Å²) in [6, 6.07) is 15.6. The summed E-state index contributed by atoms with van der Waals surface area (Å²) in [7, 11) is 3.75. The van der Waals surface area contributed by atoms with Crippen LogP contribution in [0.2, 0.25) is 0 Å². The van der Waals surface area contributed by atoms with E-state index in [1.807, 2.05) is 54.4 Å². The van der Waals surface area contributed by atoms with Gasteiger partial charge in [0.05, 0.1) is 0 Å². The Hall–Kier alpha value is -3.28. The van der Waals surface area contributed by atoms with Gasteiger partial charge in [-0.25, -0.2) is 9.97 Å². The number of hydrogen-bond acceptors (Lipinski definition) is 5. The molecule has 2 aromatic heterocycles. The lowest BCUT2D eigenvalue weighted by Crippen LogP contribution is -2.28. The van der Waals surface area contributed by atoms with Gasteiger partial charge in [0, 0.05) is 45.6 Å². The number of hydrogen-bond donors (Lipinski definition) is 0. The summed E-state index contributed by atoms with van der Waals surface area (Å²) in [5.41, 5.74) is 2.69. The highest BCUT2D eigenvalue weighted by Gasteiger charge is 2.15. The van der Waals surface area contributed by atoms with E-state index in [0.29, 0.717) is 12.2 Å². The summed E-state index contributed by atoms with van der Waals surface area (Å²) in [6.07, 6.45) is 5.90. The summed E-state index contributed by atoms with van der Waals surface area (Å²) in [4.78, 5) is 28.9. The molecule has 0 N–H and O–H groups in total. The Kier molecular flexibility index (Phi) is 6.10. The highest BCUT2D eigenvalue weighted by molar-refractivity contribution is 5.92. The van der Waals surface area contributed by atoms with E-state index in [0.717, 1.165) is 24.3 Å². The molecule has 0 aliphatic rings. The van der Waals surface area contributed by atoms with Crippen LogP contribution < -0.4 is 4.90 Å². The van der Waals surface area contributed by atoms with Gasteiger partial charge in [-0.1, -0.05) is 30.3 Å². The van der Waals surface area contributed by atoms with E-state index in [-0.39, 0.29) is 5.91 Å². The molecule has 6 nitrogen and oxygen atoms in total. The van der Waals surface area contributed by atoms with Crippen molar-refractivity contribution in [1.82, 2.24) is 19.9 Å². The first-order valence-corrected chi connectivity index (χ1v) is 8.85. The Bertz CT molecular complexity index is 870. The third-order valence-corrected chi connectivity index (χ3v) is 4.36. The summed E-state index contributed by atoms with van der Waals surface area (Å²) in [6.45, 7) is 1.32. The molecular weight excluding hydrogens is 338 g/mol. The summed E-state index contributed by atoms with van der Waals surface area (Å²) in [5.74, 6) is 0.612. The molecule has 1 aromatic carbocycles. The van der Waals surface area contributed by atoms with Gasteiger partial charge >= 0.3 is 0 Å². The van der Waals surface area contributed by atoms with E-state index in [9.17, 15) is 4.79 Å². The number of anilines is 1. The Balaban J connectivity index is 1.64. The Morgan fingerprint density at radius 1 is 0.963 bits per heavy atom. The molecule has 0 fully saturated rings. The Morgan fingerprint density at radius 3 is 2.44 bits per heavy atom. The molecule has 0 spiro atoms. The second kappa shape index (κ2) is 8.89. The molecule has 0 unspecified atom stereocenters. The van der Waals surface area contributed by atoms with Crippen LogP contribution in [-0.4, -0.2) is 46.4 Å². The van der Waals surface area contributed by atoms with Crippen LogP contribution in [0.4, 0.5) is 5.82 Å². The van der Waals surface area contributed by atoms with Crippen molar-refractivity contribution in [3.63, 3.8) is 0 Å². The molecule has 3 aromatic rings. The largest absolute Gasteiger partial charge is 0.359 e. The minimum atomic E-state index is -0.120. The molecule has 1 amide bonds. The first kappa shape index (κ1) is 18.5. The second-order valence-electron chi connectivity index (χ2n) is 6.44. The molecule has 27 heavy (non-hydrogen) atoms. The normalized spacial score (nSPS) is 10.4. The summed E-state index contributed by atoms with van der Waals surface area (Å²) in [5, 5.41) is 0. The number of benzene rings is 1. The molecule has 0 atom stereocenters. The minimum absolute atomic E-state index is 0.120. The molecule has 0 aliphatic heterocycles. The van der Waals surface area contributed by atoms with Crippen LogP contribution in [0.3, 0.4) is 0 Å². The number of carbonyl (C=O) groups is 1. The van der Waals surface area contributed by atoms with Gasteiger partial charge in [-0.05, 0) is 29.7 Å². The van der Waals surface area contributed by atoms with Gasteiger partial charge in [0.2, 0.25) is 0 Å². The fourth-order valence-corrected chi connectivity index (χ4v) is 2.76. The van der Waals surface area contributed by atoms with Crippen molar-refractivity contribution in [2.24, 2.45) is 0 Å². The number of aromatic nitrogens is 3. The van der Waals surface area contributed by atoms with Crippen LogP contribution in [-0.2, 0) is 13.0 Å². The van der Waals surface area contributed by atoms with Crippen molar-refractivity contribution in [2.75, 3.05) is 25.5 Å². The zero-order chi connectivity index (χ0) is 19.1. The van der Waals surface area contributed by atoms with Gasteiger partial charge in [0.15, 0.2) is 0 Å². The number of amides is 1. The molecule has 6 heteroatoms. The molecule has 0 radical (unpaired) electrons. The Morgan fingerprint density at radius 2 is 1.70 bits per heavy atom. The zero-order valence-corrected chi connectivity index (χ0v) is 15.6. The lowest BCUT2D eigenvalue weighted by Gasteiger charge is -2.20. The predicted molar refractivity (Wildman–Crippen MR) is 105 cm³/mol. The highest BCUT2D eigenvalue weighted by atomic mass is 16.2. The smallest absolute Gasteiger partial charge is 0.272 e. The third-order valence-electron chi connectivity index (χ3n) is 4.36. The topological polar surface area (TPSA) is 62.2 Å². The fourth-order valence-electron chi connectivity index (χ4n) is 2.76. The van der Waals surface area contributed by atoms with E-state index in [4.69, 9.17) is 0 Å². The average molecular weight is 361 g/mol. The van der Waals surface area contributed by atoms with Crippen LogP contribution in [0.25, 0.3) is 0 Å². The van der Waals surface area contributed by atoms with Crippen LogP contribution >= 0.6 is 0 Å². The van der Waals surface area contributed by atoms with E-state index in [1.54, 1.807) is 30.4 Å². The Labute approximate surface area is 159 Å². The van der Waals surface area contributed by atoms with Gasteiger partial charge in [-0.2, -0.15) is 0 Å². The van der Waals surface area contributed by atoms with Gasteiger partial charge in [-0.15, -0.1) is 0 Å². The number of likely N-dealkylation sites (N-methyl/N-ethyl adjacent to an activating group) is 1. The third kappa shape index (κ3) is 5.10. The molecule has 0 bridgehead atoms. The first-order valence-electron chi connectivity index (χ1n) is 8.85. The molecule has 2 heterocycles. The number of carbonyl (C=O) groups excluding carboxylic acids is 1. The summed E-state index contributed by atoms with van der Waals surface area (Å²) >= 11 is 0. The van der Waals surface area contributed by atoms with Crippen molar-refractivity contribution in [1.29, 1.82) is 0 Å². The molecular formula is C21H23N5O. The molecule has 138 valence electrons. The molecule has 0 saturated carbocycles. The SMILES string of the molecule is CN(Cc1ccccc1)C(=O)c1cc(N(C)CCc2ccncc2)ncn1. The van der Waals surface area contributed by atoms with Gasteiger partial charge < -0.3 is 9.80 Å². The summed E-state index contributed by atoms with van der Waals surface area (Å²) < 4.78 is 0. The first-order chi connectivity index (χ1) is 13.1. The standard InChI is InChI=1S/C21H23N5O/c1-25(13-10-17-8-11-22-12-9-17)20-14-19(23-16-24-20)21(27)26(2)15-18-6-4-3-5-7-18/h3-9,11-12,14,16H,10,13,15H2,1-2H3. The van der Waals surface area contributed by atoms with Crippen molar-refractivity contribution in [2.45, 2.75) is 13.0 Å². The van der Waals surface area contributed by atoms with Crippen LogP contribution in [0, 0.1) is 0 Å². The maximum atomic E-state index is 12.7. The van der Waals surface area contributed by atoms with Crippen LogP contribution in [0.15, 0.2) is 67.3 Å². The van der Waals surface area contributed by atoms with Gasteiger partial charge in [0.1, 0.15) is 17.8 Å². The predicted octanol–water partition coefficient (Wildman–Crippen LogP) is 2.82. The fraction of sp³-hybridized carbons (Fsp3) is 0.238. The lowest BCUT2D eigenvalue weighted by atomic mass is 10.2. The number of rotatable bonds is 7. The molecule has 3 rings (SSSR count). The zero-order valence-electron chi connectivity index (χ0n) is 15.6. The van der Waals surface area contributed by atoms with Crippen molar-refractivity contribution >= 4 is 11.7 Å². The van der Waals surface area contributed by atoms with Crippen LogP contribution in [0.1, 0.15) is 21.6 Å².